The van der Waals surface area contributed by atoms with E-state index in [4.69, 9.17) is 4.42 Å². The Labute approximate surface area is 145 Å². The molecule has 1 saturated heterocycles. The first-order valence-electron chi connectivity index (χ1n) is 8.20. The van der Waals surface area contributed by atoms with Crippen LogP contribution in [0.1, 0.15) is 11.5 Å². The van der Waals surface area contributed by atoms with Gasteiger partial charge < -0.3 is 15.1 Å². The molecule has 0 unspecified atom stereocenters. The van der Waals surface area contributed by atoms with E-state index in [1.807, 2.05) is 43.7 Å². The Kier molecular flexibility index (Phi) is 4.07. The van der Waals surface area contributed by atoms with Crippen molar-refractivity contribution < 1.29 is 9.21 Å². The Bertz CT molecular complexity index is 854. The molecular formula is C18H19N5O2. The van der Waals surface area contributed by atoms with Crippen LogP contribution in [0.3, 0.4) is 0 Å². The van der Waals surface area contributed by atoms with Crippen molar-refractivity contribution in [2.75, 3.05) is 18.4 Å². The van der Waals surface area contributed by atoms with E-state index in [0.29, 0.717) is 12.3 Å². The molecule has 0 bridgehead atoms. The predicted molar refractivity (Wildman–Crippen MR) is 92.9 cm³/mol. The molecule has 0 aliphatic carbocycles. The number of aryl methyl sites for hydroxylation is 1. The smallest absolute Gasteiger partial charge is 0.229 e. The lowest BCUT2D eigenvalue weighted by atomic mass is 9.90. The fourth-order valence-corrected chi connectivity index (χ4v) is 3.25. The molecule has 7 nitrogen and oxygen atoms in total. The molecule has 4 rings (SSSR count). The third-order valence-electron chi connectivity index (χ3n) is 4.57. The maximum Gasteiger partial charge on any atom is 0.229 e. The van der Waals surface area contributed by atoms with Gasteiger partial charge in [-0.2, -0.15) is 5.10 Å². The SMILES string of the molecule is Cn1cc([C@H]2CNC[C@@H]2C(=O)Nc2ccc(-c3cnco3)cc2)cn1. The van der Waals surface area contributed by atoms with Gasteiger partial charge in [0, 0.05) is 43.5 Å². The van der Waals surface area contributed by atoms with Crippen molar-refractivity contribution in [1.82, 2.24) is 20.1 Å². The molecule has 3 heterocycles. The maximum atomic E-state index is 12.7. The Morgan fingerprint density at radius 3 is 2.80 bits per heavy atom. The van der Waals surface area contributed by atoms with E-state index in [-0.39, 0.29) is 17.7 Å². The van der Waals surface area contributed by atoms with Gasteiger partial charge in [0.15, 0.2) is 12.2 Å². The number of anilines is 1. The zero-order valence-corrected chi connectivity index (χ0v) is 13.8. The molecule has 25 heavy (non-hydrogen) atoms. The first-order chi connectivity index (χ1) is 12.2. The van der Waals surface area contributed by atoms with E-state index >= 15 is 0 Å². The second-order valence-corrected chi connectivity index (χ2v) is 6.25. The number of hydrogen-bond acceptors (Lipinski definition) is 5. The average Bonchev–Trinajstić information content (AvgIpc) is 3.36. The van der Waals surface area contributed by atoms with E-state index in [1.54, 1.807) is 10.9 Å². The minimum Gasteiger partial charge on any atom is -0.444 e. The number of carbonyl (C=O) groups is 1. The lowest BCUT2D eigenvalue weighted by Crippen LogP contribution is -2.28. The lowest BCUT2D eigenvalue weighted by Gasteiger charge is -2.17. The van der Waals surface area contributed by atoms with Crippen LogP contribution in [0.2, 0.25) is 0 Å². The van der Waals surface area contributed by atoms with Crippen molar-refractivity contribution in [3.8, 4) is 11.3 Å². The molecule has 0 radical (unpaired) electrons. The molecule has 1 amide bonds. The number of benzene rings is 1. The van der Waals surface area contributed by atoms with Crippen LogP contribution in [0.4, 0.5) is 5.69 Å². The summed E-state index contributed by atoms with van der Waals surface area (Å²) in [6.07, 6.45) is 6.88. The maximum absolute atomic E-state index is 12.7. The first-order valence-corrected chi connectivity index (χ1v) is 8.20. The Balaban J connectivity index is 1.46. The fourth-order valence-electron chi connectivity index (χ4n) is 3.25. The summed E-state index contributed by atoms with van der Waals surface area (Å²) in [6.45, 7) is 1.45. The third kappa shape index (κ3) is 3.18. The second-order valence-electron chi connectivity index (χ2n) is 6.25. The van der Waals surface area contributed by atoms with E-state index in [9.17, 15) is 4.79 Å². The molecular weight excluding hydrogens is 318 g/mol. The minimum atomic E-state index is -0.113. The molecule has 128 valence electrons. The summed E-state index contributed by atoms with van der Waals surface area (Å²) in [7, 11) is 1.89. The zero-order valence-electron chi connectivity index (χ0n) is 13.8. The van der Waals surface area contributed by atoms with Gasteiger partial charge >= 0.3 is 0 Å². The molecule has 1 fully saturated rings. The number of aromatic nitrogens is 3. The van der Waals surface area contributed by atoms with Crippen molar-refractivity contribution in [2.24, 2.45) is 13.0 Å². The quantitative estimate of drug-likeness (QED) is 0.761. The van der Waals surface area contributed by atoms with Crippen LogP contribution in [-0.2, 0) is 11.8 Å². The van der Waals surface area contributed by atoms with Crippen LogP contribution in [0.15, 0.2) is 53.7 Å². The van der Waals surface area contributed by atoms with Gasteiger partial charge in [-0.15, -0.1) is 0 Å². The van der Waals surface area contributed by atoms with Crippen LogP contribution < -0.4 is 10.6 Å². The van der Waals surface area contributed by atoms with Crippen LogP contribution in [-0.4, -0.2) is 33.8 Å². The average molecular weight is 337 g/mol. The third-order valence-corrected chi connectivity index (χ3v) is 4.57. The summed E-state index contributed by atoms with van der Waals surface area (Å²) >= 11 is 0. The van der Waals surface area contributed by atoms with Gasteiger partial charge in [-0.05, 0) is 29.8 Å². The highest BCUT2D eigenvalue weighted by atomic mass is 16.3. The predicted octanol–water partition coefficient (Wildman–Crippen LogP) is 2.02. The Morgan fingerprint density at radius 1 is 1.28 bits per heavy atom. The Morgan fingerprint density at radius 2 is 2.12 bits per heavy atom. The molecule has 2 N–H and O–H groups in total. The monoisotopic (exact) mass is 337 g/mol. The van der Waals surface area contributed by atoms with Gasteiger partial charge in [-0.25, -0.2) is 4.98 Å². The van der Waals surface area contributed by atoms with Crippen LogP contribution in [0, 0.1) is 5.92 Å². The summed E-state index contributed by atoms with van der Waals surface area (Å²) < 4.78 is 7.04. The molecule has 2 aromatic heterocycles. The number of oxazole rings is 1. The first kappa shape index (κ1) is 15.6. The van der Waals surface area contributed by atoms with Crippen LogP contribution >= 0.6 is 0 Å². The van der Waals surface area contributed by atoms with Crippen LogP contribution in [0.25, 0.3) is 11.3 Å². The molecule has 1 aliphatic heterocycles. The summed E-state index contributed by atoms with van der Waals surface area (Å²) in [5.41, 5.74) is 2.78. The highest BCUT2D eigenvalue weighted by Crippen LogP contribution is 2.29. The standard InChI is InChI=1S/C18H19N5O2/c1-23-10-13(6-21-23)15-7-19-8-16(15)18(24)22-14-4-2-12(3-5-14)17-9-20-11-25-17/h2-6,9-11,15-16,19H,7-8H2,1H3,(H,22,24)/t15-,16+/m1/s1. The summed E-state index contributed by atoms with van der Waals surface area (Å²) in [4.78, 5) is 16.6. The number of nitrogens with one attached hydrogen (secondary N) is 2. The number of nitrogens with zero attached hydrogens (tertiary/aromatic N) is 3. The van der Waals surface area contributed by atoms with Gasteiger partial charge in [0.2, 0.25) is 5.91 Å². The van der Waals surface area contributed by atoms with E-state index in [0.717, 1.165) is 23.4 Å². The van der Waals surface area contributed by atoms with Crippen molar-refractivity contribution >= 4 is 11.6 Å². The summed E-state index contributed by atoms with van der Waals surface area (Å²) in [5, 5.41) is 10.5. The van der Waals surface area contributed by atoms with Gasteiger partial charge in [-0.3, -0.25) is 9.48 Å². The molecule has 0 spiro atoms. The molecule has 3 aromatic rings. The minimum absolute atomic E-state index is 0.0197. The molecule has 0 saturated carbocycles. The molecule has 2 atom stereocenters. The summed E-state index contributed by atoms with van der Waals surface area (Å²) in [5.74, 6) is 0.751. The highest BCUT2D eigenvalue weighted by Gasteiger charge is 2.34. The van der Waals surface area contributed by atoms with Crippen molar-refractivity contribution in [1.29, 1.82) is 0 Å². The number of amides is 1. The normalized spacial score (nSPS) is 19.9. The van der Waals surface area contributed by atoms with E-state index in [2.05, 4.69) is 20.7 Å². The Hall–Kier alpha value is -2.93. The number of rotatable bonds is 4. The fraction of sp³-hybridized carbons (Fsp3) is 0.278. The highest BCUT2D eigenvalue weighted by molar-refractivity contribution is 5.93. The topological polar surface area (TPSA) is 85.0 Å². The second kappa shape index (κ2) is 6.52. The molecule has 1 aromatic carbocycles. The van der Waals surface area contributed by atoms with E-state index in [1.165, 1.54) is 6.39 Å². The van der Waals surface area contributed by atoms with Gasteiger partial charge in [0.25, 0.3) is 0 Å². The molecule has 1 aliphatic rings. The largest absolute Gasteiger partial charge is 0.444 e. The van der Waals surface area contributed by atoms with Gasteiger partial charge in [0.05, 0.1) is 18.3 Å². The van der Waals surface area contributed by atoms with Gasteiger partial charge in [-0.1, -0.05) is 0 Å². The van der Waals surface area contributed by atoms with Gasteiger partial charge in [0.1, 0.15) is 0 Å². The number of carbonyl (C=O) groups excluding carboxylic acids is 1. The van der Waals surface area contributed by atoms with Crippen molar-refractivity contribution in [3.05, 3.63) is 54.8 Å². The molecule has 7 heteroatoms. The lowest BCUT2D eigenvalue weighted by molar-refractivity contribution is -0.119. The summed E-state index contributed by atoms with van der Waals surface area (Å²) in [6, 6.07) is 7.55. The van der Waals surface area contributed by atoms with E-state index < -0.39 is 0 Å². The van der Waals surface area contributed by atoms with Crippen LogP contribution in [0.5, 0.6) is 0 Å². The zero-order chi connectivity index (χ0) is 17.2. The van der Waals surface area contributed by atoms with Crippen molar-refractivity contribution in [2.45, 2.75) is 5.92 Å². The number of hydrogen-bond donors (Lipinski definition) is 2. The van der Waals surface area contributed by atoms with Crippen molar-refractivity contribution in [3.63, 3.8) is 0 Å².